The van der Waals surface area contributed by atoms with E-state index in [0.717, 1.165) is 19.6 Å². The van der Waals surface area contributed by atoms with Gasteiger partial charge >= 0.3 is 0 Å². The molecule has 0 saturated carbocycles. The zero-order valence-electron chi connectivity index (χ0n) is 16.5. The first kappa shape index (κ1) is 20.7. The van der Waals surface area contributed by atoms with Crippen molar-refractivity contribution in [3.63, 3.8) is 0 Å². The number of nitrogens with zero attached hydrogens (tertiary/aromatic N) is 1. The van der Waals surface area contributed by atoms with Crippen molar-refractivity contribution in [2.75, 3.05) is 13.1 Å². The molecule has 0 aromatic heterocycles. The Balaban J connectivity index is 1.57. The number of hydrogen-bond donors (Lipinski definition) is 1. The lowest BCUT2D eigenvalue weighted by atomic mass is 10.0. The molecule has 1 atom stereocenters. The third-order valence-corrected chi connectivity index (χ3v) is 5.42. The molecule has 0 aliphatic carbocycles. The number of carbonyl (C=O) groups excluding carboxylic acids is 1. The van der Waals surface area contributed by atoms with Crippen LogP contribution < -0.4 is 10.1 Å². The Labute approximate surface area is 172 Å². The second-order valence-electron chi connectivity index (χ2n) is 7.29. The Bertz CT molecular complexity index is 757. The summed E-state index contributed by atoms with van der Waals surface area (Å²) in [5.41, 5.74) is 2.46. The SMILES string of the molecule is CC[C@H](Oc1ccc(Cl)cc1)C(=O)NCc1ccccc1CN1CCCCC1. The number of hydrogen-bond acceptors (Lipinski definition) is 3. The number of halogens is 1. The number of amides is 1. The number of benzene rings is 2. The van der Waals surface area contributed by atoms with Gasteiger partial charge in [0, 0.05) is 18.1 Å². The minimum absolute atomic E-state index is 0.0924. The Hall–Kier alpha value is -2.04. The van der Waals surface area contributed by atoms with Gasteiger partial charge in [-0.25, -0.2) is 0 Å². The van der Waals surface area contributed by atoms with E-state index in [9.17, 15) is 4.79 Å². The van der Waals surface area contributed by atoms with Gasteiger partial charge in [-0.05, 0) is 67.7 Å². The average molecular weight is 401 g/mol. The van der Waals surface area contributed by atoms with Gasteiger partial charge in [0.25, 0.3) is 5.91 Å². The largest absolute Gasteiger partial charge is 0.481 e. The molecule has 4 nitrogen and oxygen atoms in total. The van der Waals surface area contributed by atoms with E-state index in [1.54, 1.807) is 24.3 Å². The predicted molar refractivity (Wildman–Crippen MR) is 114 cm³/mol. The van der Waals surface area contributed by atoms with Crippen LogP contribution in [0.4, 0.5) is 0 Å². The molecular weight excluding hydrogens is 372 g/mol. The molecule has 1 N–H and O–H groups in total. The highest BCUT2D eigenvalue weighted by Crippen LogP contribution is 2.19. The monoisotopic (exact) mass is 400 g/mol. The highest BCUT2D eigenvalue weighted by Gasteiger charge is 2.19. The van der Waals surface area contributed by atoms with Crippen LogP contribution in [0.2, 0.25) is 5.02 Å². The van der Waals surface area contributed by atoms with Gasteiger partial charge in [-0.3, -0.25) is 9.69 Å². The highest BCUT2D eigenvalue weighted by molar-refractivity contribution is 6.30. The fraction of sp³-hybridized carbons (Fsp3) is 0.435. The van der Waals surface area contributed by atoms with Crippen molar-refractivity contribution in [1.82, 2.24) is 10.2 Å². The summed E-state index contributed by atoms with van der Waals surface area (Å²) in [5.74, 6) is 0.558. The third-order valence-electron chi connectivity index (χ3n) is 5.17. The molecule has 150 valence electrons. The molecule has 0 bridgehead atoms. The van der Waals surface area contributed by atoms with E-state index >= 15 is 0 Å². The van der Waals surface area contributed by atoms with E-state index in [2.05, 4.69) is 28.4 Å². The van der Waals surface area contributed by atoms with Crippen molar-refractivity contribution in [1.29, 1.82) is 0 Å². The highest BCUT2D eigenvalue weighted by atomic mass is 35.5. The van der Waals surface area contributed by atoms with Crippen LogP contribution in [-0.4, -0.2) is 30.0 Å². The summed E-state index contributed by atoms with van der Waals surface area (Å²) in [5, 5.41) is 3.70. The van der Waals surface area contributed by atoms with Gasteiger partial charge in [0.1, 0.15) is 5.75 Å². The van der Waals surface area contributed by atoms with Crippen molar-refractivity contribution in [3.8, 4) is 5.75 Å². The lowest BCUT2D eigenvalue weighted by Gasteiger charge is -2.27. The van der Waals surface area contributed by atoms with E-state index in [4.69, 9.17) is 16.3 Å². The van der Waals surface area contributed by atoms with Crippen molar-refractivity contribution in [2.45, 2.75) is 51.8 Å². The van der Waals surface area contributed by atoms with E-state index < -0.39 is 6.10 Å². The van der Waals surface area contributed by atoms with Crippen molar-refractivity contribution in [3.05, 3.63) is 64.7 Å². The zero-order chi connectivity index (χ0) is 19.8. The summed E-state index contributed by atoms with van der Waals surface area (Å²) in [6, 6.07) is 15.5. The zero-order valence-corrected chi connectivity index (χ0v) is 17.3. The summed E-state index contributed by atoms with van der Waals surface area (Å²) >= 11 is 5.91. The molecule has 1 saturated heterocycles. The smallest absolute Gasteiger partial charge is 0.261 e. The summed E-state index contributed by atoms with van der Waals surface area (Å²) in [6.45, 7) is 5.74. The maximum Gasteiger partial charge on any atom is 0.261 e. The summed E-state index contributed by atoms with van der Waals surface area (Å²) in [7, 11) is 0. The molecule has 0 spiro atoms. The number of piperidine rings is 1. The van der Waals surface area contributed by atoms with Crippen LogP contribution in [-0.2, 0) is 17.9 Å². The van der Waals surface area contributed by atoms with E-state index in [-0.39, 0.29) is 5.91 Å². The average Bonchev–Trinajstić information content (AvgIpc) is 2.73. The van der Waals surface area contributed by atoms with Crippen LogP contribution in [0, 0.1) is 0 Å². The van der Waals surface area contributed by atoms with Crippen LogP contribution in [0.3, 0.4) is 0 Å². The maximum atomic E-state index is 12.6. The van der Waals surface area contributed by atoms with Gasteiger partial charge in [-0.1, -0.05) is 49.2 Å². The molecule has 1 aliphatic heterocycles. The second kappa shape index (κ2) is 10.5. The van der Waals surface area contributed by atoms with E-state index in [0.29, 0.717) is 23.7 Å². The predicted octanol–water partition coefficient (Wildman–Crippen LogP) is 4.80. The quantitative estimate of drug-likeness (QED) is 0.692. The van der Waals surface area contributed by atoms with Gasteiger partial charge in [-0.15, -0.1) is 0 Å². The van der Waals surface area contributed by atoms with Crippen LogP contribution >= 0.6 is 11.6 Å². The van der Waals surface area contributed by atoms with Crippen LogP contribution in [0.5, 0.6) is 5.75 Å². The van der Waals surface area contributed by atoms with E-state index in [1.165, 1.54) is 30.4 Å². The van der Waals surface area contributed by atoms with Crippen molar-refractivity contribution >= 4 is 17.5 Å². The minimum atomic E-state index is -0.518. The fourth-order valence-electron chi connectivity index (χ4n) is 3.54. The summed E-state index contributed by atoms with van der Waals surface area (Å²) in [6.07, 6.45) is 3.97. The Morgan fingerprint density at radius 2 is 1.75 bits per heavy atom. The number of nitrogens with one attached hydrogen (secondary N) is 1. The van der Waals surface area contributed by atoms with Crippen LogP contribution in [0.1, 0.15) is 43.7 Å². The number of rotatable bonds is 8. The Kier molecular flexibility index (Phi) is 7.75. The molecular formula is C23H29ClN2O2. The van der Waals surface area contributed by atoms with Gasteiger partial charge < -0.3 is 10.1 Å². The lowest BCUT2D eigenvalue weighted by molar-refractivity contribution is -0.128. The van der Waals surface area contributed by atoms with Gasteiger partial charge in [0.05, 0.1) is 0 Å². The second-order valence-corrected chi connectivity index (χ2v) is 7.73. The third kappa shape index (κ3) is 5.98. The Morgan fingerprint density at radius 1 is 1.07 bits per heavy atom. The number of likely N-dealkylation sites (tertiary alicyclic amines) is 1. The maximum absolute atomic E-state index is 12.6. The molecule has 2 aromatic carbocycles. The van der Waals surface area contributed by atoms with E-state index in [1.807, 2.05) is 13.0 Å². The minimum Gasteiger partial charge on any atom is -0.481 e. The fourth-order valence-corrected chi connectivity index (χ4v) is 3.66. The molecule has 3 rings (SSSR count). The first-order valence-corrected chi connectivity index (χ1v) is 10.5. The van der Waals surface area contributed by atoms with Gasteiger partial charge in [-0.2, -0.15) is 0 Å². The number of carbonyl (C=O) groups is 1. The molecule has 5 heteroatoms. The van der Waals surface area contributed by atoms with Crippen molar-refractivity contribution in [2.24, 2.45) is 0 Å². The molecule has 1 fully saturated rings. The molecule has 1 heterocycles. The first-order valence-electron chi connectivity index (χ1n) is 10.1. The molecule has 2 aromatic rings. The summed E-state index contributed by atoms with van der Waals surface area (Å²) < 4.78 is 5.84. The Morgan fingerprint density at radius 3 is 2.43 bits per heavy atom. The van der Waals surface area contributed by atoms with Crippen LogP contribution in [0.15, 0.2) is 48.5 Å². The number of ether oxygens (including phenoxy) is 1. The summed E-state index contributed by atoms with van der Waals surface area (Å²) in [4.78, 5) is 15.2. The van der Waals surface area contributed by atoms with Gasteiger partial charge in [0.2, 0.25) is 0 Å². The topological polar surface area (TPSA) is 41.6 Å². The standard InChI is InChI=1S/C23H29ClN2O2/c1-2-22(28-21-12-10-20(24)11-13-21)23(27)25-16-18-8-4-5-9-19(18)17-26-14-6-3-7-15-26/h4-5,8-13,22H,2-3,6-7,14-17H2,1H3,(H,25,27)/t22-/m0/s1. The molecule has 1 aliphatic rings. The van der Waals surface area contributed by atoms with Gasteiger partial charge in [0.15, 0.2) is 6.10 Å². The lowest BCUT2D eigenvalue weighted by Crippen LogP contribution is -2.38. The van der Waals surface area contributed by atoms with Crippen LogP contribution in [0.25, 0.3) is 0 Å². The normalized spacial score (nSPS) is 15.8. The molecule has 0 radical (unpaired) electrons. The first-order chi connectivity index (χ1) is 13.7. The molecule has 28 heavy (non-hydrogen) atoms. The molecule has 1 amide bonds. The molecule has 0 unspecified atom stereocenters. The van der Waals surface area contributed by atoms with Crippen molar-refractivity contribution < 1.29 is 9.53 Å².